The molecule has 14 heavy (non-hydrogen) atoms. The Labute approximate surface area is 84.8 Å². The molecule has 0 atom stereocenters. The normalized spacial score (nSPS) is 49.9. The Bertz CT molecular complexity index is 194. The summed E-state index contributed by atoms with van der Waals surface area (Å²) in [5.41, 5.74) is 5.85. The van der Waals surface area contributed by atoms with Crippen LogP contribution in [0.5, 0.6) is 0 Å². The fraction of sp³-hybridized carbons (Fsp3) is 1.00. The van der Waals surface area contributed by atoms with Crippen LogP contribution in [0.25, 0.3) is 0 Å². The van der Waals surface area contributed by atoms with Crippen molar-refractivity contribution in [1.82, 2.24) is 20.0 Å². The summed E-state index contributed by atoms with van der Waals surface area (Å²) in [7, 11) is 0. The maximum Gasteiger partial charge on any atom is 0.0569 e. The van der Waals surface area contributed by atoms with E-state index in [1.54, 1.807) is 0 Å². The summed E-state index contributed by atoms with van der Waals surface area (Å²) < 4.78 is 0. The monoisotopic (exact) mass is 197 g/mol. The van der Waals surface area contributed by atoms with E-state index >= 15 is 0 Å². The molecule has 80 valence electrons. The lowest BCUT2D eigenvalue weighted by Crippen LogP contribution is -2.79. The lowest BCUT2D eigenvalue weighted by atomic mass is 9.91. The minimum Gasteiger partial charge on any atom is -0.329 e. The van der Waals surface area contributed by atoms with Gasteiger partial charge in [-0.3, -0.25) is 14.7 Å². The Hall–Kier alpha value is -0.200. The van der Waals surface area contributed by atoms with Crippen molar-refractivity contribution in [2.75, 3.05) is 52.7 Å². The van der Waals surface area contributed by atoms with E-state index in [0.29, 0.717) is 5.54 Å². The molecule has 5 nitrogen and oxygen atoms in total. The maximum atomic E-state index is 5.55. The van der Waals surface area contributed by atoms with Crippen molar-refractivity contribution in [1.29, 1.82) is 0 Å². The number of hydrogen-bond acceptors (Lipinski definition) is 5. The highest BCUT2D eigenvalue weighted by molar-refractivity contribution is 5.05. The minimum absolute atomic E-state index is 0.300. The van der Waals surface area contributed by atoms with Crippen LogP contribution in [0.3, 0.4) is 0 Å². The van der Waals surface area contributed by atoms with Gasteiger partial charge in [0.05, 0.1) is 25.5 Å². The molecule has 0 spiro atoms. The van der Waals surface area contributed by atoms with E-state index in [9.17, 15) is 0 Å². The second-order valence-corrected chi connectivity index (χ2v) is 4.91. The molecule has 0 aromatic carbocycles. The van der Waals surface area contributed by atoms with Gasteiger partial charge in [0.1, 0.15) is 0 Å². The summed E-state index contributed by atoms with van der Waals surface area (Å²) in [4.78, 5) is 7.54. The van der Waals surface area contributed by atoms with Crippen LogP contribution in [0.15, 0.2) is 0 Å². The van der Waals surface area contributed by atoms with E-state index < -0.39 is 0 Å². The lowest BCUT2D eigenvalue weighted by molar-refractivity contribution is -0.149. The highest BCUT2D eigenvalue weighted by atomic mass is 15.6. The second-order valence-electron chi connectivity index (χ2n) is 4.91. The van der Waals surface area contributed by atoms with Crippen molar-refractivity contribution in [2.24, 2.45) is 5.73 Å². The average molecular weight is 197 g/mol. The van der Waals surface area contributed by atoms with Gasteiger partial charge in [-0.15, -0.1) is 0 Å². The van der Waals surface area contributed by atoms with Crippen molar-refractivity contribution < 1.29 is 0 Å². The van der Waals surface area contributed by atoms with Crippen molar-refractivity contribution in [3.8, 4) is 0 Å². The Balaban J connectivity index is 1.74. The second kappa shape index (κ2) is 3.15. The quantitative estimate of drug-likeness (QED) is 0.553. The van der Waals surface area contributed by atoms with Gasteiger partial charge < -0.3 is 11.1 Å². The zero-order valence-corrected chi connectivity index (χ0v) is 8.58. The third kappa shape index (κ3) is 1.36. The maximum absolute atomic E-state index is 5.55. The van der Waals surface area contributed by atoms with Gasteiger partial charge in [-0.25, -0.2) is 0 Å². The topological polar surface area (TPSA) is 47.8 Å². The first-order chi connectivity index (χ1) is 6.80. The fourth-order valence-corrected chi connectivity index (χ4v) is 3.22. The predicted octanol–water partition coefficient (Wildman–Crippen LogP) is -1.91. The van der Waals surface area contributed by atoms with E-state index in [-0.39, 0.29) is 0 Å². The van der Waals surface area contributed by atoms with Crippen LogP contribution in [0, 0.1) is 0 Å². The third-order valence-corrected chi connectivity index (χ3v) is 3.42. The van der Waals surface area contributed by atoms with Crippen LogP contribution >= 0.6 is 0 Å². The predicted molar refractivity (Wildman–Crippen MR) is 54.5 cm³/mol. The van der Waals surface area contributed by atoms with E-state index in [4.69, 9.17) is 5.73 Å². The molecule has 4 rings (SSSR count). The fourth-order valence-electron chi connectivity index (χ4n) is 3.22. The number of nitrogens with two attached hydrogens (primary N) is 1. The number of hydrogen-bond donors (Lipinski definition) is 2. The largest absolute Gasteiger partial charge is 0.329 e. The molecule has 4 aliphatic heterocycles. The molecule has 4 heterocycles. The first-order valence-corrected chi connectivity index (χ1v) is 5.42. The molecule has 0 unspecified atom stereocenters. The average Bonchev–Trinajstić information content (AvgIpc) is 2.12. The highest BCUT2D eigenvalue weighted by Gasteiger charge is 2.47. The highest BCUT2D eigenvalue weighted by Crippen LogP contribution is 2.28. The Kier molecular flexibility index (Phi) is 2.04. The molecule has 0 aromatic heterocycles. The molecule has 0 amide bonds. The summed E-state index contributed by atoms with van der Waals surface area (Å²) in [6.45, 7) is 8.73. The lowest BCUT2D eigenvalue weighted by Gasteiger charge is -2.60. The number of nitrogens with one attached hydrogen (secondary N) is 1. The summed E-state index contributed by atoms with van der Waals surface area (Å²) in [5, 5.41) is 3.63. The molecule has 5 heteroatoms. The van der Waals surface area contributed by atoms with Gasteiger partial charge in [-0.2, -0.15) is 0 Å². The summed E-state index contributed by atoms with van der Waals surface area (Å²) in [6.07, 6.45) is 0. The van der Waals surface area contributed by atoms with Crippen molar-refractivity contribution in [2.45, 2.75) is 5.54 Å². The van der Waals surface area contributed by atoms with Gasteiger partial charge in [0, 0.05) is 32.7 Å². The molecule has 4 bridgehead atoms. The Morgan fingerprint density at radius 2 is 1.50 bits per heavy atom. The zero-order valence-electron chi connectivity index (χ0n) is 8.58. The van der Waals surface area contributed by atoms with E-state index in [0.717, 1.165) is 33.1 Å². The van der Waals surface area contributed by atoms with Crippen LogP contribution in [-0.4, -0.2) is 73.0 Å². The zero-order chi connectivity index (χ0) is 9.60. The van der Waals surface area contributed by atoms with Gasteiger partial charge in [0.2, 0.25) is 0 Å². The van der Waals surface area contributed by atoms with Crippen LogP contribution in [-0.2, 0) is 0 Å². The van der Waals surface area contributed by atoms with Crippen LogP contribution in [0.4, 0.5) is 0 Å². The first kappa shape index (κ1) is 9.06. The molecule has 0 aliphatic carbocycles. The molecule has 0 radical (unpaired) electrons. The van der Waals surface area contributed by atoms with Crippen molar-refractivity contribution in [3.05, 3.63) is 0 Å². The third-order valence-electron chi connectivity index (χ3n) is 3.42. The molecular weight excluding hydrogens is 178 g/mol. The van der Waals surface area contributed by atoms with E-state index in [1.165, 1.54) is 19.6 Å². The van der Waals surface area contributed by atoms with Crippen molar-refractivity contribution in [3.63, 3.8) is 0 Å². The first-order valence-electron chi connectivity index (χ1n) is 5.42. The number of rotatable bonds is 3. The van der Waals surface area contributed by atoms with Crippen LogP contribution < -0.4 is 11.1 Å². The Morgan fingerprint density at radius 1 is 1.00 bits per heavy atom. The SMILES string of the molecule is NCCNC12CN3CN(CN(C3)C1)C2. The molecular formula is C9H19N5. The molecule has 4 fully saturated rings. The molecule has 4 aliphatic rings. The molecule has 0 aromatic rings. The standard InChI is InChI=1S/C9H19N5/c10-1-2-11-9-3-12-6-13(4-9)8-14(5-9)7-12/h11H,1-8,10H2. The van der Waals surface area contributed by atoms with Crippen LogP contribution in [0.1, 0.15) is 0 Å². The Morgan fingerprint density at radius 3 is 1.93 bits per heavy atom. The van der Waals surface area contributed by atoms with Gasteiger partial charge in [0.15, 0.2) is 0 Å². The van der Waals surface area contributed by atoms with Gasteiger partial charge in [0.25, 0.3) is 0 Å². The van der Waals surface area contributed by atoms with Crippen molar-refractivity contribution >= 4 is 0 Å². The van der Waals surface area contributed by atoms with E-state index in [1.807, 2.05) is 0 Å². The molecule has 0 saturated carbocycles. The smallest absolute Gasteiger partial charge is 0.0569 e. The number of nitrogens with zero attached hydrogens (tertiary/aromatic N) is 3. The minimum atomic E-state index is 0.300. The summed E-state index contributed by atoms with van der Waals surface area (Å²) in [6, 6.07) is 0. The van der Waals surface area contributed by atoms with Gasteiger partial charge in [-0.05, 0) is 0 Å². The summed E-state index contributed by atoms with van der Waals surface area (Å²) in [5.74, 6) is 0. The van der Waals surface area contributed by atoms with Gasteiger partial charge >= 0.3 is 0 Å². The van der Waals surface area contributed by atoms with Crippen LogP contribution in [0.2, 0.25) is 0 Å². The molecule has 4 saturated heterocycles. The molecule has 3 N–H and O–H groups in total. The summed E-state index contributed by atoms with van der Waals surface area (Å²) >= 11 is 0. The van der Waals surface area contributed by atoms with E-state index in [2.05, 4.69) is 20.0 Å². The van der Waals surface area contributed by atoms with Gasteiger partial charge in [-0.1, -0.05) is 0 Å².